The molecule has 1 aliphatic heterocycles. The van der Waals surface area contributed by atoms with Gasteiger partial charge in [0, 0.05) is 12.1 Å². The lowest BCUT2D eigenvalue weighted by molar-refractivity contribution is -0.0509. The highest BCUT2D eigenvalue weighted by Gasteiger charge is 2.43. The Morgan fingerprint density at radius 2 is 2.14 bits per heavy atom. The van der Waals surface area contributed by atoms with E-state index >= 15 is 0 Å². The third-order valence-corrected chi connectivity index (χ3v) is 3.72. The maximum Gasteiger partial charge on any atom is 0.167 e. The average Bonchev–Trinajstić information content (AvgIpc) is 3.02. The molecule has 22 heavy (non-hydrogen) atoms. The lowest BCUT2D eigenvalue weighted by atomic mass is 10.1. The van der Waals surface area contributed by atoms with Crippen LogP contribution in [0.25, 0.3) is 11.0 Å². The van der Waals surface area contributed by atoms with Crippen molar-refractivity contribution in [1.82, 2.24) is 9.55 Å². The third kappa shape index (κ3) is 2.34. The molecule has 0 amide bonds. The molecule has 0 spiro atoms. The van der Waals surface area contributed by atoms with Crippen molar-refractivity contribution < 1.29 is 29.2 Å². The molecule has 2 aromatic rings. The fourth-order valence-electron chi connectivity index (χ4n) is 2.61. The molecule has 0 bridgehead atoms. The van der Waals surface area contributed by atoms with Gasteiger partial charge in [-0.15, -0.1) is 0 Å². The first kappa shape index (κ1) is 15.2. The van der Waals surface area contributed by atoms with Gasteiger partial charge in [0.15, 0.2) is 17.8 Å². The first-order valence-electron chi connectivity index (χ1n) is 6.98. The molecule has 2 heterocycles. The molecular formula is C14H17FN2O5. The zero-order chi connectivity index (χ0) is 15.9. The smallest absolute Gasteiger partial charge is 0.167 e. The number of hydrogen-bond donors (Lipinski definition) is 3. The fourth-order valence-corrected chi connectivity index (χ4v) is 2.61. The van der Waals surface area contributed by atoms with Crippen LogP contribution < -0.4 is 4.74 Å². The molecule has 1 aliphatic rings. The van der Waals surface area contributed by atoms with Gasteiger partial charge in [0.1, 0.15) is 18.3 Å². The molecular weight excluding hydrogens is 295 g/mol. The van der Waals surface area contributed by atoms with Crippen molar-refractivity contribution in [3.63, 3.8) is 0 Å². The van der Waals surface area contributed by atoms with Crippen molar-refractivity contribution in [2.45, 2.75) is 31.5 Å². The third-order valence-electron chi connectivity index (χ3n) is 3.72. The van der Waals surface area contributed by atoms with Crippen molar-refractivity contribution in [2.75, 3.05) is 13.2 Å². The van der Waals surface area contributed by atoms with E-state index in [0.717, 1.165) is 0 Å². The SMILES string of the molecule is CCOc1cc2ncn([C@@H]3O[C@H](CO)[C@@H](O)[C@H]3O)c2cc1F. The molecule has 120 valence electrons. The maximum atomic E-state index is 14.0. The second-order valence-electron chi connectivity index (χ2n) is 5.09. The Kier molecular flexibility index (Phi) is 4.00. The van der Waals surface area contributed by atoms with Crippen LogP contribution in [0.15, 0.2) is 18.5 Å². The second-order valence-corrected chi connectivity index (χ2v) is 5.09. The number of benzene rings is 1. The van der Waals surface area contributed by atoms with Crippen molar-refractivity contribution in [1.29, 1.82) is 0 Å². The van der Waals surface area contributed by atoms with E-state index in [1.165, 1.54) is 23.0 Å². The van der Waals surface area contributed by atoms with E-state index in [1.54, 1.807) is 6.92 Å². The van der Waals surface area contributed by atoms with E-state index in [4.69, 9.17) is 14.6 Å². The Morgan fingerprint density at radius 3 is 2.77 bits per heavy atom. The van der Waals surface area contributed by atoms with Crippen molar-refractivity contribution in [2.24, 2.45) is 0 Å². The molecule has 0 unspecified atom stereocenters. The first-order chi connectivity index (χ1) is 10.6. The summed E-state index contributed by atoms with van der Waals surface area (Å²) in [5, 5.41) is 29.0. The van der Waals surface area contributed by atoms with Crippen LogP contribution in [-0.2, 0) is 4.74 Å². The lowest BCUT2D eigenvalue weighted by Gasteiger charge is -2.17. The highest BCUT2D eigenvalue weighted by atomic mass is 19.1. The lowest BCUT2D eigenvalue weighted by Crippen LogP contribution is -2.33. The Balaban J connectivity index is 2.00. The van der Waals surface area contributed by atoms with Gasteiger partial charge in [-0.3, -0.25) is 0 Å². The molecule has 1 aromatic heterocycles. The predicted molar refractivity (Wildman–Crippen MR) is 73.9 cm³/mol. The molecule has 0 saturated carbocycles. The Morgan fingerprint density at radius 1 is 1.36 bits per heavy atom. The zero-order valence-corrected chi connectivity index (χ0v) is 11.9. The number of aliphatic hydroxyl groups excluding tert-OH is 3. The van der Waals surface area contributed by atoms with Crippen LogP contribution in [0.4, 0.5) is 4.39 Å². The fraction of sp³-hybridized carbons (Fsp3) is 0.500. The van der Waals surface area contributed by atoms with E-state index in [0.29, 0.717) is 17.6 Å². The van der Waals surface area contributed by atoms with Gasteiger partial charge in [-0.25, -0.2) is 9.37 Å². The number of imidazole rings is 1. The van der Waals surface area contributed by atoms with Crippen LogP contribution in [0.2, 0.25) is 0 Å². The van der Waals surface area contributed by atoms with Gasteiger partial charge in [0.2, 0.25) is 0 Å². The number of nitrogens with zero attached hydrogens (tertiary/aromatic N) is 2. The van der Waals surface area contributed by atoms with Crippen LogP contribution in [-0.4, -0.2) is 56.4 Å². The Bertz CT molecular complexity index is 677. The molecule has 0 radical (unpaired) electrons. The number of fused-ring (bicyclic) bond motifs is 1. The van der Waals surface area contributed by atoms with E-state index in [1.807, 2.05) is 0 Å². The topological polar surface area (TPSA) is 97.0 Å². The summed E-state index contributed by atoms with van der Waals surface area (Å²) in [4.78, 5) is 4.14. The summed E-state index contributed by atoms with van der Waals surface area (Å²) in [5.41, 5.74) is 0.874. The number of aromatic nitrogens is 2. The number of hydrogen-bond acceptors (Lipinski definition) is 6. The van der Waals surface area contributed by atoms with E-state index in [2.05, 4.69) is 4.98 Å². The number of rotatable bonds is 4. The standard InChI is InChI=1S/C14H17FN2O5/c1-2-21-10-4-8-9(3-7(10)15)17(6-16-8)14-13(20)12(19)11(5-18)22-14/h3-4,6,11-14,18-20H,2,5H2,1H3/t11-,12-,13-,14-/m1/s1. The van der Waals surface area contributed by atoms with E-state index in [9.17, 15) is 14.6 Å². The summed E-state index contributed by atoms with van der Waals surface area (Å²) < 4.78 is 26.0. The van der Waals surface area contributed by atoms with Crippen LogP contribution in [0.5, 0.6) is 5.75 Å². The van der Waals surface area contributed by atoms with Crippen LogP contribution in [0.3, 0.4) is 0 Å². The molecule has 4 atom stereocenters. The predicted octanol–water partition coefficient (Wildman–Crippen LogP) is 0.186. The van der Waals surface area contributed by atoms with Crippen LogP contribution >= 0.6 is 0 Å². The van der Waals surface area contributed by atoms with Crippen LogP contribution in [0.1, 0.15) is 13.2 Å². The largest absolute Gasteiger partial charge is 0.491 e. The number of aliphatic hydroxyl groups is 3. The Labute approximate surface area is 125 Å². The average molecular weight is 312 g/mol. The van der Waals surface area contributed by atoms with E-state index < -0.39 is 37.0 Å². The van der Waals surface area contributed by atoms with E-state index in [-0.39, 0.29) is 5.75 Å². The van der Waals surface area contributed by atoms with Gasteiger partial charge in [0.05, 0.1) is 30.6 Å². The van der Waals surface area contributed by atoms with Crippen molar-refractivity contribution in [3.8, 4) is 5.75 Å². The number of halogens is 1. The number of ether oxygens (including phenoxy) is 2. The van der Waals surface area contributed by atoms with Crippen LogP contribution in [0, 0.1) is 5.82 Å². The summed E-state index contributed by atoms with van der Waals surface area (Å²) in [6.45, 7) is 1.66. The van der Waals surface area contributed by atoms with Gasteiger partial charge < -0.3 is 29.4 Å². The highest BCUT2D eigenvalue weighted by molar-refractivity contribution is 5.77. The van der Waals surface area contributed by atoms with Gasteiger partial charge in [-0.05, 0) is 6.92 Å². The molecule has 1 saturated heterocycles. The monoisotopic (exact) mass is 312 g/mol. The minimum atomic E-state index is -1.25. The summed E-state index contributed by atoms with van der Waals surface area (Å²) in [5.74, 6) is -0.454. The Hall–Kier alpha value is -1.74. The summed E-state index contributed by atoms with van der Waals surface area (Å²) in [6, 6.07) is 2.70. The second kappa shape index (κ2) is 5.81. The summed E-state index contributed by atoms with van der Waals surface area (Å²) in [7, 11) is 0. The summed E-state index contributed by atoms with van der Waals surface area (Å²) >= 11 is 0. The van der Waals surface area contributed by atoms with Gasteiger partial charge in [0.25, 0.3) is 0 Å². The molecule has 3 N–H and O–H groups in total. The van der Waals surface area contributed by atoms with Gasteiger partial charge in [-0.1, -0.05) is 0 Å². The minimum absolute atomic E-state index is 0.0985. The van der Waals surface area contributed by atoms with Crippen molar-refractivity contribution >= 4 is 11.0 Å². The quantitative estimate of drug-likeness (QED) is 0.745. The molecule has 3 rings (SSSR count). The van der Waals surface area contributed by atoms with Crippen molar-refractivity contribution in [3.05, 3.63) is 24.3 Å². The van der Waals surface area contributed by atoms with Gasteiger partial charge in [-0.2, -0.15) is 0 Å². The minimum Gasteiger partial charge on any atom is -0.491 e. The molecule has 8 heteroatoms. The first-order valence-corrected chi connectivity index (χ1v) is 6.98. The highest BCUT2D eigenvalue weighted by Crippen LogP contribution is 2.33. The summed E-state index contributed by atoms with van der Waals surface area (Å²) in [6.07, 6.45) is -2.93. The van der Waals surface area contributed by atoms with Gasteiger partial charge >= 0.3 is 0 Å². The molecule has 0 aliphatic carbocycles. The molecule has 1 fully saturated rings. The maximum absolute atomic E-state index is 14.0. The zero-order valence-electron chi connectivity index (χ0n) is 11.9. The normalized spacial score (nSPS) is 28.4. The molecule has 7 nitrogen and oxygen atoms in total. The molecule has 1 aromatic carbocycles.